The molecular weight excluding hydrogens is 306 g/mol. The van der Waals surface area contributed by atoms with E-state index in [0.717, 1.165) is 10.0 Å². The zero-order valence-corrected chi connectivity index (χ0v) is 12.1. The summed E-state index contributed by atoms with van der Waals surface area (Å²) in [6.07, 6.45) is 0. The van der Waals surface area contributed by atoms with Gasteiger partial charge in [-0.1, -0.05) is 15.9 Å². The van der Waals surface area contributed by atoms with Gasteiger partial charge in [0.1, 0.15) is 23.5 Å². The molecule has 0 saturated carbocycles. The molecule has 0 unspecified atom stereocenters. The second-order valence-corrected chi connectivity index (χ2v) is 4.97. The van der Waals surface area contributed by atoms with Crippen molar-refractivity contribution in [2.24, 2.45) is 0 Å². The number of halogens is 1. The van der Waals surface area contributed by atoms with Crippen LogP contribution >= 0.6 is 15.9 Å². The number of benzene rings is 1. The van der Waals surface area contributed by atoms with Gasteiger partial charge >= 0.3 is 0 Å². The third-order valence-corrected chi connectivity index (χ3v) is 3.14. The lowest BCUT2D eigenvalue weighted by molar-refractivity contribution is 1.04. The molecule has 0 aliphatic carbocycles. The van der Waals surface area contributed by atoms with Crippen LogP contribution in [0.4, 0.5) is 17.3 Å². The average Bonchev–Trinajstić information content (AvgIpc) is 2.35. The van der Waals surface area contributed by atoms with Crippen LogP contribution in [0.2, 0.25) is 0 Å². The molecule has 0 fully saturated rings. The molecule has 96 valence electrons. The fourth-order valence-corrected chi connectivity index (χ4v) is 1.98. The van der Waals surface area contributed by atoms with Gasteiger partial charge in [0.25, 0.3) is 0 Å². The monoisotopic (exact) mass is 317 g/mol. The van der Waals surface area contributed by atoms with E-state index < -0.39 is 0 Å². The molecule has 19 heavy (non-hydrogen) atoms. The van der Waals surface area contributed by atoms with Crippen molar-refractivity contribution in [2.45, 2.75) is 13.8 Å². The van der Waals surface area contributed by atoms with E-state index in [-0.39, 0.29) is 0 Å². The maximum absolute atomic E-state index is 9.10. The van der Waals surface area contributed by atoms with Gasteiger partial charge in [-0.2, -0.15) is 5.26 Å². The van der Waals surface area contributed by atoms with Crippen LogP contribution in [-0.4, -0.2) is 9.97 Å². The van der Waals surface area contributed by atoms with Crippen LogP contribution < -0.4 is 11.1 Å². The van der Waals surface area contributed by atoms with Crippen molar-refractivity contribution in [1.29, 1.82) is 5.26 Å². The largest absolute Gasteiger partial charge is 0.383 e. The Morgan fingerprint density at radius 3 is 2.74 bits per heavy atom. The third-order valence-electron chi connectivity index (χ3n) is 2.65. The highest BCUT2D eigenvalue weighted by Gasteiger charge is 2.09. The number of hydrogen-bond donors (Lipinski definition) is 2. The van der Waals surface area contributed by atoms with Crippen molar-refractivity contribution in [2.75, 3.05) is 11.1 Å². The van der Waals surface area contributed by atoms with Gasteiger partial charge in [-0.3, -0.25) is 0 Å². The molecule has 2 aromatic rings. The minimum absolute atomic E-state index is 0.434. The molecule has 1 heterocycles. The number of anilines is 3. The molecule has 0 amide bonds. The quantitative estimate of drug-likeness (QED) is 0.888. The van der Waals surface area contributed by atoms with Gasteiger partial charge in [-0.05, 0) is 32.0 Å². The van der Waals surface area contributed by atoms with Gasteiger partial charge in [0.05, 0.1) is 11.3 Å². The number of nitrogen functional groups attached to an aromatic ring is 1. The summed E-state index contributed by atoms with van der Waals surface area (Å²) in [5.41, 5.74) is 7.79. The summed E-state index contributed by atoms with van der Waals surface area (Å²) in [7, 11) is 0. The predicted molar refractivity (Wildman–Crippen MR) is 78.1 cm³/mol. The summed E-state index contributed by atoms with van der Waals surface area (Å²) in [5, 5.41) is 12.2. The Balaban J connectivity index is 2.47. The zero-order chi connectivity index (χ0) is 14.0. The van der Waals surface area contributed by atoms with Crippen LogP contribution in [0.25, 0.3) is 0 Å². The predicted octanol–water partition coefficient (Wildman–Crippen LogP) is 3.05. The van der Waals surface area contributed by atoms with E-state index in [1.54, 1.807) is 13.0 Å². The molecule has 0 radical (unpaired) electrons. The number of nitrogens with zero attached hydrogens (tertiary/aromatic N) is 3. The minimum atomic E-state index is 0.434. The Hall–Kier alpha value is -2.13. The smallest absolute Gasteiger partial charge is 0.139 e. The van der Waals surface area contributed by atoms with E-state index in [2.05, 4.69) is 37.3 Å². The Morgan fingerprint density at radius 1 is 1.32 bits per heavy atom. The van der Waals surface area contributed by atoms with Gasteiger partial charge in [-0.25, -0.2) is 9.97 Å². The van der Waals surface area contributed by atoms with E-state index in [1.807, 2.05) is 19.1 Å². The van der Waals surface area contributed by atoms with Crippen LogP contribution in [0.3, 0.4) is 0 Å². The molecule has 0 bridgehead atoms. The highest BCUT2D eigenvalue weighted by Crippen LogP contribution is 2.26. The van der Waals surface area contributed by atoms with Gasteiger partial charge in [0.2, 0.25) is 0 Å². The maximum atomic E-state index is 9.10. The van der Waals surface area contributed by atoms with Crippen LogP contribution in [0, 0.1) is 25.2 Å². The second kappa shape index (κ2) is 5.24. The number of aromatic nitrogens is 2. The second-order valence-electron chi connectivity index (χ2n) is 4.06. The highest BCUT2D eigenvalue weighted by atomic mass is 79.9. The topological polar surface area (TPSA) is 87.6 Å². The normalized spacial score (nSPS) is 10.0. The first-order valence-corrected chi connectivity index (χ1v) is 6.38. The fraction of sp³-hybridized carbons (Fsp3) is 0.154. The molecule has 0 aliphatic heterocycles. The molecule has 2 rings (SSSR count). The van der Waals surface area contributed by atoms with Crippen molar-refractivity contribution in [3.63, 3.8) is 0 Å². The lowest BCUT2D eigenvalue weighted by Gasteiger charge is -2.12. The molecule has 3 N–H and O–H groups in total. The van der Waals surface area contributed by atoms with Crippen molar-refractivity contribution in [3.8, 4) is 6.07 Å². The SMILES string of the molecule is Cc1nc(N)c(C)c(Nc2cc(Br)ccc2C#N)n1. The van der Waals surface area contributed by atoms with Gasteiger partial charge in [0.15, 0.2) is 0 Å². The van der Waals surface area contributed by atoms with E-state index >= 15 is 0 Å². The Labute approximate surface area is 119 Å². The molecule has 5 nitrogen and oxygen atoms in total. The Morgan fingerprint density at radius 2 is 2.05 bits per heavy atom. The summed E-state index contributed by atoms with van der Waals surface area (Å²) < 4.78 is 0.880. The first-order valence-electron chi connectivity index (χ1n) is 5.58. The lowest BCUT2D eigenvalue weighted by atomic mass is 10.2. The molecule has 0 atom stereocenters. The molecule has 0 aliphatic rings. The summed E-state index contributed by atoms with van der Waals surface area (Å²) in [6, 6.07) is 7.51. The van der Waals surface area contributed by atoms with Crippen molar-refractivity contribution < 1.29 is 0 Å². The van der Waals surface area contributed by atoms with Crippen LogP contribution in [0.1, 0.15) is 17.0 Å². The Kier molecular flexibility index (Phi) is 3.67. The van der Waals surface area contributed by atoms with Crippen LogP contribution in [0.5, 0.6) is 0 Å². The molecule has 6 heteroatoms. The minimum Gasteiger partial charge on any atom is -0.383 e. The van der Waals surface area contributed by atoms with Crippen molar-refractivity contribution in [3.05, 3.63) is 39.6 Å². The molecular formula is C13H12BrN5. The molecule has 0 spiro atoms. The van der Waals surface area contributed by atoms with Gasteiger partial charge < -0.3 is 11.1 Å². The first kappa shape index (κ1) is 13.3. The maximum Gasteiger partial charge on any atom is 0.139 e. The number of hydrogen-bond acceptors (Lipinski definition) is 5. The van der Waals surface area contributed by atoms with E-state index in [1.165, 1.54) is 0 Å². The average molecular weight is 318 g/mol. The highest BCUT2D eigenvalue weighted by molar-refractivity contribution is 9.10. The van der Waals surface area contributed by atoms with Crippen molar-refractivity contribution >= 4 is 33.3 Å². The molecule has 1 aromatic heterocycles. The standard InChI is InChI=1S/C13H12BrN5/c1-7-12(16)17-8(2)18-13(7)19-11-5-10(14)4-3-9(11)6-15/h3-5H,1-2H3,(H3,16,17,18,19). The van der Waals surface area contributed by atoms with E-state index in [4.69, 9.17) is 11.0 Å². The van der Waals surface area contributed by atoms with Gasteiger partial charge in [-0.15, -0.1) is 0 Å². The fourth-order valence-electron chi connectivity index (χ4n) is 1.62. The van der Waals surface area contributed by atoms with Crippen LogP contribution in [0.15, 0.2) is 22.7 Å². The number of aryl methyl sites for hydroxylation is 1. The van der Waals surface area contributed by atoms with Crippen molar-refractivity contribution in [1.82, 2.24) is 9.97 Å². The van der Waals surface area contributed by atoms with Crippen LogP contribution in [-0.2, 0) is 0 Å². The van der Waals surface area contributed by atoms with E-state index in [0.29, 0.717) is 28.7 Å². The summed E-state index contributed by atoms with van der Waals surface area (Å²) in [6.45, 7) is 3.61. The lowest BCUT2D eigenvalue weighted by Crippen LogP contribution is -2.05. The molecule has 0 saturated heterocycles. The van der Waals surface area contributed by atoms with Gasteiger partial charge in [0, 0.05) is 10.0 Å². The first-order chi connectivity index (χ1) is 9.01. The summed E-state index contributed by atoms with van der Waals surface area (Å²) in [5.74, 6) is 1.63. The number of rotatable bonds is 2. The Bertz CT molecular complexity index is 675. The zero-order valence-electron chi connectivity index (χ0n) is 10.5. The summed E-state index contributed by atoms with van der Waals surface area (Å²) in [4.78, 5) is 8.39. The molecule has 1 aromatic carbocycles. The van der Waals surface area contributed by atoms with E-state index in [9.17, 15) is 0 Å². The number of nitrogens with two attached hydrogens (primary N) is 1. The number of nitriles is 1. The summed E-state index contributed by atoms with van der Waals surface area (Å²) >= 11 is 3.38. The number of nitrogens with one attached hydrogen (secondary N) is 1. The third kappa shape index (κ3) is 2.83.